The van der Waals surface area contributed by atoms with Crippen molar-refractivity contribution >= 4 is 23.5 Å². The van der Waals surface area contributed by atoms with Crippen LogP contribution in [0.1, 0.15) is 24.2 Å². The number of carboxylic acids is 1. The second-order valence-corrected chi connectivity index (χ2v) is 3.96. The zero-order valence-electron chi connectivity index (χ0n) is 8.86. The van der Waals surface area contributed by atoms with Crippen molar-refractivity contribution in [1.29, 1.82) is 0 Å². The van der Waals surface area contributed by atoms with E-state index < -0.39 is 11.9 Å². The standard InChI is InChI=1S/C11H11ClO4/c1-6(2)11(15)16-9-5-7(12)3-4-8(9)10(13)14/h3-6H,1-2H3,(H,13,14). The van der Waals surface area contributed by atoms with Crippen molar-refractivity contribution in [3.05, 3.63) is 28.8 Å². The third kappa shape index (κ3) is 2.97. The summed E-state index contributed by atoms with van der Waals surface area (Å²) >= 11 is 5.70. The SMILES string of the molecule is CC(C)C(=O)Oc1cc(Cl)ccc1C(=O)O. The molecule has 0 spiro atoms. The summed E-state index contributed by atoms with van der Waals surface area (Å²) in [6, 6.07) is 4.04. The van der Waals surface area contributed by atoms with E-state index in [-0.39, 0.29) is 17.2 Å². The Hall–Kier alpha value is -1.55. The molecule has 0 atom stereocenters. The Labute approximate surface area is 97.8 Å². The number of halogens is 1. The number of hydrogen-bond donors (Lipinski definition) is 1. The minimum Gasteiger partial charge on any atom is -0.478 e. The summed E-state index contributed by atoms with van der Waals surface area (Å²) in [6.45, 7) is 3.32. The Bertz CT molecular complexity index is 426. The van der Waals surface area contributed by atoms with Gasteiger partial charge in [-0.25, -0.2) is 4.79 Å². The summed E-state index contributed by atoms with van der Waals surface area (Å²) in [5.74, 6) is -2.02. The molecule has 1 rings (SSSR count). The van der Waals surface area contributed by atoms with Crippen molar-refractivity contribution in [1.82, 2.24) is 0 Å². The molecule has 16 heavy (non-hydrogen) atoms. The quantitative estimate of drug-likeness (QED) is 0.654. The third-order valence-electron chi connectivity index (χ3n) is 1.86. The Morgan fingerprint density at radius 1 is 1.38 bits per heavy atom. The molecule has 0 saturated carbocycles. The average Bonchev–Trinajstić information content (AvgIpc) is 2.16. The third-order valence-corrected chi connectivity index (χ3v) is 2.09. The number of esters is 1. The lowest BCUT2D eigenvalue weighted by Gasteiger charge is -2.09. The van der Waals surface area contributed by atoms with Gasteiger partial charge in [-0.15, -0.1) is 0 Å². The molecule has 5 heteroatoms. The van der Waals surface area contributed by atoms with Crippen LogP contribution in [0.15, 0.2) is 18.2 Å². The summed E-state index contributed by atoms with van der Waals surface area (Å²) in [5.41, 5.74) is -0.0848. The topological polar surface area (TPSA) is 63.6 Å². The van der Waals surface area contributed by atoms with Crippen LogP contribution in [0.3, 0.4) is 0 Å². The van der Waals surface area contributed by atoms with Crippen molar-refractivity contribution in [3.63, 3.8) is 0 Å². The summed E-state index contributed by atoms with van der Waals surface area (Å²) in [4.78, 5) is 22.2. The zero-order valence-corrected chi connectivity index (χ0v) is 9.62. The molecular weight excluding hydrogens is 232 g/mol. The Balaban J connectivity index is 3.06. The number of rotatable bonds is 3. The largest absolute Gasteiger partial charge is 0.478 e. The van der Waals surface area contributed by atoms with Gasteiger partial charge in [0.1, 0.15) is 11.3 Å². The van der Waals surface area contributed by atoms with Crippen molar-refractivity contribution in [2.75, 3.05) is 0 Å². The van der Waals surface area contributed by atoms with Gasteiger partial charge < -0.3 is 9.84 Å². The van der Waals surface area contributed by atoms with Gasteiger partial charge in [0.15, 0.2) is 0 Å². The van der Waals surface area contributed by atoms with Crippen molar-refractivity contribution in [3.8, 4) is 5.75 Å². The maximum atomic E-state index is 11.3. The summed E-state index contributed by atoms with van der Waals surface area (Å²) in [5, 5.41) is 9.19. The highest BCUT2D eigenvalue weighted by atomic mass is 35.5. The van der Waals surface area contributed by atoms with E-state index in [1.807, 2.05) is 0 Å². The highest BCUT2D eigenvalue weighted by Gasteiger charge is 2.16. The van der Waals surface area contributed by atoms with Gasteiger partial charge in [-0.05, 0) is 12.1 Å². The van der Waals surface area contributed by atoms with E-state index in [9.17, 15) is 9.59 Å². The minimum atomic E-state index is -1.16. The first-order valence-electron chi connectivity index (χ1n) is 4.66. The molecule has 0 heterocycles. The van der Waals surface area contributed by atoms with E-state index >= 15 is 0 Å². The molecule has 1 aromatic carbocycles. The van der Waals surface area contributed by atoms with Crippen LogP contribution in [-0.4, -0.2) is 17.0 Å². The molecule has 0 radical (unpaired) electrons. The van der Waals surface area contributed by atoms with E-state index in [1.54, 1.807) is 13.8 Å². The molecule has 0 fully saturated rings. The Morgan fingerprint density at radius 2 is 2.00 bits per heavy atom. The molecule has 0 bridgehead atoms. The van der Waals surface area contributed by atoms with Crippen LogP contribution in [0.5, 0.6) is 5.75 Å². The molecule has 1 N–H and O–H groups in total. The molecule has 1 aromatic rings. The van der Waals surface area contributed by atoms with Gasteiger partial charge in [0.2, 0.25) is 0 Å². The maximum absolute atomic E-state index is 11.3. The van der Waals surface area contributed by atoms with Crippen LogP contribution in [-0.2, 0) is 4.79 Å². The van der Waals surface area contributed by atoms with Gasteiger partial charge in [-0.2, -0.15) is 0 Å². The second kappa shape index (κ2) is 4.99. The van der Waals surface area contributed by atoms with Crippen molar-refractivity contribution < 1.29 is 19.4 Å². The Morgan fingerprint density at radius 3 is 2.50 bits per heavy atom. The van der Waals surface area contributed by atoms with Gasteiger partial charge in [-0.3, -0.25) is 4.79 Å². The van der Waals surface area contributed by atoms with Crippen LogP contribution in [0.25, 0.3) is 0 Å². The number of ether oxygens (including phenoxy) is 1. The van der Waals surface area contributed by atoms with Crippen LogP contribution in [0.2, 0.25) is 5.02 Å². The number of benzene rings is 1. The average molecular weight is 243 g/mol. The van der Waals surface area contributed by atoms with E-state index in [0.717, 1.165) is 0 Å². The predicted octanol–water partition coefficient (Wildman–Crippen LogP) is 2.60. The first-order valence-corrected chi connectivity index (χ1v) is 5.04. The summed E-state index contributed by atoms with van der Waals surface area (Å²) in [6.07, 6.45) is 0. The molecule has 0 aliphatic rings. The molecule has 0 unspecified atom stereocenters. The van der Waals surface area contributed by atoms with Crippen LogP contribution in [0, 0.1) is 5.92 Å². The fourth-order valence-corrected chi connectivity index (χ4v) is 1.15. The van der Waals surface area contributed by atoms with Crippen LogP contribution >= 0.6 is 11.6 Å². The molecule has 0 amide bonds. The normalized spacial score (nSPS) is 10.2. The van der Waals surface area contributed by atoms with Gasteiger partial charge in [0.25, 0.3) is 0 Å². The molecule has 0 aromatic heterocycles. The number of carboxylic acid groups (broad SMARTS) is 1. The minimum absolute atomic E-state index is 0.0290. The highest BCUT2D eigenvalue weighted by Crippen LogP contribution is 2.24. The first-order chi connectivity index (χ1) is 7.41. The molecule has 86 valence electrons. The lowest BCUT2D eigenvalue weighted by atomic mass is 10.2. The van der Waals surface area contributed by atoms with Crippen molar-refractivity contribution in [2.24, 2.45) is 5.92 Å². The van der Waals surface area contributed by atoms with Gasteiger partial charge in [-0.1, -0.05) is 25.4 Å². The number of carbonyl (C=O) groups excluding carboxylic acids is 1. The first kappa shape index (κ1) is 12.5. The highest BCUT2D eigenvalue weighted by molar-refractivity contribution is 6.30. The summed E-state index contributed by atoms with van der Waals surface area (Å²) < 4.78 is 4.94. The zero-order chi connectivity index (χ0) is 12.3. The molecule has 0 aliphatic heterocycles. The van der Waals surface area contributed by atoms with Gasteiger partial charge in [0, 0.05) is 11.1 Å². The smallest absolute Gasteiger partial charge is 0.339 e. The van der Waals surface area contributed by atoms with Crippen LogP contribution < -0.4 is 4.74 Å². The number of hydrogen-bond acceptors (Lipinski definition) is 3. The fourth-order valence-electron chi connectivity index (χ4n) is 0.984. The van der Waals surface area contributed by atoms with E-state index in [0.29, 0.717) is 5.02 Å². The van der Waals surface area contributed by atoms with Gasteiger partial charge in [0.05, 0.1) is 5.92 Å². The van der Waals surface area contributed by atoms with E-state index in [1.165, 1.54) is 18.2 Å². The monoisotopic (exact) mass is 242 g/mol. The van der Waals surface area contributed by atoms with Gasteiger partial charge >= 0.3 is 11.9 Å². The molecule has 0 aliphatic carbocycles. The lowest BCUT2D eigenvalue weighted by Crippen LogP contribution is -2.16. The maximum Gasteiger partial charge on any atom is 0.339 e. The lowest BCUT2D eigenvalue weighted by molar-refractivity contribution is -0.137. The Kier molecular flexibility index (Phi) is 3.90. The predicted molar refractivity (Wildman–Crippen MR) is 58.9 cm³/mol. The fraction of sp³-hybridized carbons (Fsp3) is 0.273. The number of aromatic carboxylic acids is 1. The van der Waals surface area contributed by atoms with E-state index in [4.69, 9.17) is 21.4 Å². The van der Waals surface area contributed by atoms with E-state index in [2.05, 4.69) is 0 Å². The second-order valence-electron chi connectivity index (χ2n) is 3.52. The molecule has 0 saturated heterocycles. The summed E-state index contributed by atoms with van der Waals surface area (Å²) in [7, 11) is 0. The molecule has 4 nitrogen and oxygen atoms in total. The molecular formula is C11H11ClO4. The van der Waals surface area contributed by atoms with Crippen molar-refractivity contribution in [2.45, 2.75) is 13.8 Å². The number of carbonyl (C=O) groups is 2. The van der Waals surface area contributed by atoms with Crippen LogP contribution in [0.4, 0.5) is 0 Å².